The van der Waals surface area contributed by atoms with Crippen LogP contribution in [-0.2, 0) is 4.79 Å². The number of unbranched alkanes of at least 4 members (excludes halogenated alkanes) is 31. The molecule has 0 radical (unpaired) electrons. The Bertz CT molecular complexity index is 675. The Kier molecular flexibility index (Phi) is 37.5. The van der Waals surface area contributed by atoms with Gasteiger partial charge in [-0.2, -0.15) is 0 Å². The first kappa shape index (κ1) is 45.0. The lowest BCUT2D eigenvalue weighted by molar-refractivity contribution is -0.132. The molecule has 0 unspecified atom stereocenters. The van der Waals surface area contributed by atoms with Crippen LogP contribution in [-0.4, -0.2) is 11.1 Å². The van der Waals surface area contributed by atoms with Crippen LogP contribution in [0.3, 0.4) is 0 Å². The fourth-order valence-electron chi connectivity index (χ4n) is 6.84. The Labute approximate surface area is 290 Å². The first-order chi connectivity index (χ1) is 22.7. The van der Waals surface area contributed by atoms with E-state index in [0.717, 1.165) is 37.7 Å². The number of hydrogen-bond acceptors (Lipinski definition) is 1. The summed E-state index contributed by atoms with van der Waals surface area (Å²) >= 11 is 0. The summed E-state index contributed by atoms with van der Waals surface area (Å²) in [6.07, 6.45) is 51.4. The summed E-state index contributed by atoms with van der Waals surface area (Å²) in [6.45, 7) is 6.85. The molecule has 0 aliphatic carbocycles. The number of carboxylic acid groups (broad SMARTS) is 1. The smallest absolute Gasteiger partial charge is 0.331 e. The maximum Gasteiger partial charge on any atom is 0.331 e. The maximum absolute atomic E-state index is 12.4. The largest absolute Gasteiger partial charge is 0.478 e. The molecule has 0 aliphatic heterocycles. The van der Waals surface area contributed by atoms with Crippen LogP contribution in [0, 0.1) is 0 Å². The number of allylic oxidation sites excluding steroid dienone is 3. The van der Waals surface area contributed by atoms with Gasteiger partial charge in [-0.1, -0.05) is 226 Å². The molecular formula is C44H84O2. The summed E-state index contributed by atoms with van der Waals surface area (Å²) in [4.78, 5) is 12.4. The molecule has 2 nitrogen and oxygen atoms in total. The normalized spacial score (nSPS) is 12.3. The average Bonchev–Trinajstić information content (AvgIpc) is 3.05. The third-order valence-corrected chi connectivity index (χ3v) is 10.0. The minimum Gasteiger partial charge on any atom is -0.478 e. The third kappa shape index (κ3) is 32.9. The van der Waals surface area contributed by atoms with E-state index in [1.807, 2.05) is 0 Å². The van der Waals surface area contributed by atoms with Crippen molar-refractivity contribution in [2.24, 2.45) is 0 Å². The molecule has 272 valence electrons. The van der Waals surface area contributed by atoms with Crippen molar-refractivity contribution in [3.63, 3.8) is 0 Å². The Morgan fingerprint density at radius 3 is 1.00 bits per heavy atom. The highest BCUT2D eigenvalue weighted by Crippen LogP contribution is 2.23. The molecule has 0 aromatic heterocycles. The predicted octanol–water partition coefficient (Wildman–Crippen LogP) is 16.0. The van der Waals surface area contributed by atoms with Gasteiger partial charge in [0.15, 0.2) is 0 Å². The van der Waals surface area contributed by atoms with Crippen LogP contribution in [0.15, 0.2) is 23.3 Å². The fraction of sp³-hybridized carbons (Fsp3) is 0.886. The second kappa shape index (κ2) is 38.4. The van der Waals surface area contributed by atoms with Gasteiger partial charge in [-0.25, -0.2) is 4.79 Å². The zero-order valence-electron chi connectivity index (χ0n) is 32.0. The molecule has 0 fully saturated rings. The van der Waals surface area contributed by atoms with E-state index < -0.39 is 5.97 Å². The minimum atomic E-state index is -0.677. The van der Waals surface area contributed by atoms with Gasteiger partial charge in [0, 0.05) is 5.57 Å². The summed E-state index contributed by atoms with van der Waals surface area (Å²) in [5.74, 6) is -0.677. The van der Waals surface area contributed by atoms with E-state index in [4.69, 9.17) is 0 Å². The minimum absolute atomic E-state index is 0.677. The van der Waals surface area contributed by atoms with Crippen molar-refractivity contribution in [2.45, 2.75) is 252 Å². The van der Waals surface area contributed by atoms with Crippen LogP contribution >= 0.6 is 0 Å². The molecular weight excluding hydrogens is 560 g/mol. The van der Waals surface area contributed by atoms with E-state index >= 15 is 0 Å². The monoisotopic (exact) mass is 645 g/mol. The Morgan fingerprint density at radius 1 is 0.391 bits per heavy atom. The van der Waals surface area contributed by atoms with Gasteiger partial charge in [0.2, 0.25) is 0 Å². The van der Waals surface area contributed by atoms with Gasteiger partial charge in [0.05, 0.1) is 0 Å². The molecule has 0 saturated heterocycles. The van der Waals surface area contributed by atoms with Crippen LogP contribution in [0.2, 0.25) is 0 Å². The number of carbonyl (C=O) groups is 1. The highest BCUT2D eigenvalue weighted by Gasteiger charge is 2.12. The number of hydrogen-bond donors (Lipinski definition) is 1. The Balaban J connectivity index is 4.50. The summed E-state index contributed by atoms with van der Waals surface area (Å²) in [5.41, 5.74) is 1.83. The molecule has 46 heavy (non-hydrogen) atoms. The van der Waals surface area contributed by atoms with Crippen molar-refractivity contribution >= 4 is 5.97 Å². The van der Waals surface area contributed by atoms with Crippen LogP contribution in [0.1, 0.15) is 252 Å². The van der Waals surface area contributed by atoms with Gasteiger partial charge in [-0.3, -0.25) is 0 Å². The molecule has 0 aliphatic rings. The predicted molar refractivity (Wildman–Crippen MR) is 207 cm³/mol. The van der Waals surface area contributed by atoms with Crippen molar-refractivity contribution in [1.29, 1.82) is 0 Å². The second-order valence-corrected chi connectivity index (χ2v) is 14.6. The van der Waals surface area contributed by atoms with Gasteiger partial charge < -0.3 is 5.11 Å². The van der Waals surface area contributed by atoms with Crippen LogP contribution in [0.5, 0.6) is 0 Å². The topological polar surface area (TPSA) is 37.3 Å². The summed E-state index contributed by atoms with van der Waals surface area (Å²) in [6, 6.07) is 0. The lowest BCUT2D eigenvalue weighted by Crippen LogP contribution is -2.05. The molecule has 2 heteroatoms. The molecule has 0 spiro atoms. The lowest BCUT2D eigenvalue weighted by atomic mass is 9.95. The average molecular weight is 645 g/mol. The van der Waals surface area contributed by atoms with E-state index in [1.54, 1.807) is 0 Å². The first-order valence-corrected chi connectivity index (χ1v) is 21.3. The Hall–Kier alpha value is -1.05. The molecule has 1 N–H and O–H groups in total. The van der Waals surface area contributed by atoms with Gasteiger partial charge >= 0.3 is 5.97 Å². The molecule has 0 bridgehead atoms. The summed E-state index contributed by atoms with van der Waals surface area (Å²) in [5, 5.41) is 10.2. The molecule has 0 aromatic carbocycles. The summed E-state index contributed by atoms with van der Waals surface area (Å²) < 4.78 is 0. The molecule has 0 atom stereocenters. The highest BCUT2D eigenvalue weighted by atomic mass is 16.4. The van der Waals surface area contributed by atoms with Crippen LogP contribution in [0.4, 0.5) is 0 Å². The quantitative estimate of drug-likeness (QED) is 0.0412. The van der Waals surface area contributed by atoms with E-state index in [1.165, 1.54) is 199 Å². The van der Waals surface area contributed by atoms with E-state index in [9.17, 15) is 9.90 Å². The standard InChI is InChI=1S/C44H84O2/c1-4-7-10-13-16-19-22-23-24-25-26-28-31-34-37-40-42(39-36-33-30-27-20-17-14-11-8-5-2)43(44(45)46)41-38-35-32-29-21-18-15-12-9-6-3/h37,40H,4-36,38-39,41H2,1-3H3,(H,45,46). The number of aliphatic carboxylic acids is 1. The van der Waals surface area contributed by atoms with Crippen LogP contribution in [0.25, 0.3) is 0 Å². The van der Waals surface area contributed by atoms with Crippen molar-refractivity contribution in [3.8, 4) is 0 Å². The van der Waals surface area contributed by atoms with Gasteiger partial charge in [-0.15, -0.1) is 0 Å². The summed E-state index contributed by atoms with van der Waals surface area (Å²) in [7, 11) is 0. The lowest BCUT2D eigenvalue weighted by Gasteiger charge is -2.11. The van der Waals surface area contributed by atoms with Crippen molar-refractivity contribution in [2.75, 3.05) is 0 Å². The maximum atomic E-state index is 12.4. The fourth-order valence-corrected chi connectivity index (χ4v) is 6.84. The SMILES string of the molecule is CCCCCCCCCCCCCCCC=CC(CCCCCCCCCCCC)=C(CCCCCCCCCCCC)C(=O)O. The molecule has 0 heterocycles. The second-order valence-electron chi connectivity index (χ2n) is 14.6. The van der Waals surface area contributed by atoms with Gasteiger partial charge in [0.25, 0.3) is 0 Å². The Morgan fingerprint density at radius 2 is 0.674 bits per heavy atom. The van der Waals surface area contributed by atoms with Crippen LogP contribution < -0.4 is 0 Å². The number of carboxylic acids is 1. The molecule has 0 rings (SSSR count). The van der Waals surface area contributed by atoms with Crippen molar-refractivity contribution in [3.05, 3.63) is 23.3 Å². The zero-order valence-corrected chi connectivity index (χ0v) is 32.0. The molecule has 0 amide bonds. The van der Waals surface area contributed by atoms with E-state index in [2.05, 4.69) is 32.9 Å². The van der Waals surface area contributed by atoms with E-state index in [0.29, 0.717) is 5.57 Å². The number of rotatable bonds is 38. The highest BCUT2D eigenvalue weighted by molar-refractivity contribution is 5.88. The first-order valence-electron chi connectivity index (χ1n) is 21.3. The zero-order chi connectivity index (χ0) is 33.6. The third-order valence-electron chi connectivity index (χ3n) is 10.0. The van der Waals surface area contributed by atoms with Gasteiger partial charge in [-0.05, 0) is 44.1 Å². The molecule has 0 saturated carbocycles. The van der Waals surface area contributed by atoms with Crippen molar-refractivity contribution < 1.29 is 9.90 Å². The van der Waals surface area contributed by atoms with E-state index in [-0.39, 0.29) is 0 Å². The molecule has 0 aromatic rings. The van der Waals surface area contributed by atoms with Crippen molar-refractivity contribution in [1.82, 2.24) is 0 Å². The van der Waals surface area contributed by atoms with Gasteiger partial charge in [0.1, 0.15) is 0 Å².